The molecule has 0 bridgehead atoms. The minimum Gasteiger partial charge on any atom is -0.322 e. The van der Waals surface area contributed by atoms with Crippen LogP contribution in [-0.2, 0) is 0 Å². The van der Waals surface area contributed by atoms with E-state index in [0.29, 0.717) is 11.3 Å². The number of carbonyl (C=O) groups excluding carboxylic acids is 1. The summed E-state index contributed by atoms with van der Waals surface area (Å²) in [5.74, 6) is -0.192. The van der Waals surface area contributed by atoms with E-state index in [2.05, 4.69) is 72.1 Å². The number of anilines is 1. The molecule has 3 nitrogen and oxygen atoms in total. The summed E-state index contributed by atoms with van der Waals surface area (Å²) in [6.07, 6.45) is 2.14. The number of hydrogen-bond acceptors (Lipinski definition) is 2. The number of nitrogens with zero attached hydrogens (tertiary/aromatic N) is 1. The van der Waals surface area contributed by atoms with E-state index in [1.54, 1.807) is 0 Å². The predicted molar refractivity (Wildman–Crippen MR) is 152 cm³/mol. The highest BCUT2D eigenvalue weighted by Crippen LogP contribution is 2.44. The van der Waals surface area contributed by atoms with Crippen LogP contribution in [0.4, 0.5) is 11.4 Å². The highest BCUT2D eigenvalue weighted by atomic mass is 16.1. The molecule has 1 aliphatic carbocycles. The second-order valence-electron chi connectivity index (χ2n) is 8.85. The van der Waals surface area contributed by atoms with Crippen LogP contribution >= 0.6 is 0 Å². The Labute approximate surface area is 216 Å². The zero-order valence-electron chi connectivity index (χ0n) is 20.1. The van der Waals surface area contributed by atoms with Crippen molar-refractivity contribution in [1.29, 1.82) is 0 Å². The lowest BCUT2D eigenvalue weighted by Crippen LogP contribution is -2.12. The number of carbonyl (C=O) groups is 1. The van der Waals surface area contributed by atoms with Crippen LogP contribution in [0.3, 0.4) is 0 Å². The fourth-order valence-electron chi connectivity index (χ4n) is 4.74. The number of para-hydroxylation sites is 2. The molecule has 0 radical (unpaired) electrons. The topological polar surface area (TPSA) is 41.5 Å². The van der Waals surface area contributed by atoms with Crippen LogP contribution in [0.1, 0.15) is 27.0 Å². The second kappa shape index (κ2) is 9.92. The normalized spacial score (nSPS) is 12.0. The van der Waals surface area contributed by atoms with E-state index in [4.69, 9.17) is 4.99 Å². The van der Waals surface area contributed by atoms with E-state index in [-0.39, 0.29) is 5.91 Å². The van der Waals surface area contributed by atoms with Crippen molar-refractivity contribution in [3.05, 3.63) is 162 Å². The molecule has 0 unspecified atom stereocenters. The van der Waals surface area contributed by atoms with Crippen molar-refractivity contribution in [2.45, 2.75) is 0 Å². The van der Waals surface area contributed by atoms with Gasteiger partial charge in [-0.25, -0.2) is 4.99 Å². The Balaban J connectivity index is 1.49. The highest BCUT2D eigenvalue weighted by Gasteiger charge is 2.23. The maximum atomic E-state index is 13.2. The van der Waals surface area contributed by atoms with Gasteiger partial charge in [0.1, 0.15) is 0 Å². The van der Waals surface area contributed by atoms with E-state index < -0.39 is 0 Å². The minimum absolute atomic E-state index is 0.192. The van der Waals surface area contributed by atoms with Gasteiger partial charge in [0, 0.05) is 11.3 Å². The largest absolute Gasteiger partial charge is 0.322 e. The summed E-state index contributed by atoms with van der Waals surface area (Å²) >= 11 is 0. The molecule has 0 heterocycles. The van der Waals surface area contributed by atoms with Crippen LogP contribution < -0.4 is 5.32 Å². The van der Waals surface area contributed by atoms with Gasteiger partial charge in [-0.2, -0.15) is 0 Å². The van der Waals surface area contributed by atoms with Crippen molar-refractivity contribution >= 4 is 28.6 Å². The van der Waals surface area contributed by atoms with E-state index in [0.717, 1.165) is 22.5 Å². The average molecular weight is 477 g/mol. The molecule has 37 heavy (non-hydrogen) atoms. The Morgan fingerprint density at radius 1 is 0.568 bits per heavy atom. The Kier molecular flexibility index (Phi) is 6.02. The Hall–Kier alpha value is -5.02. The molecule has 0 saturated heterocycles. The minimum atomic E-state index is -0.192. The van der Waals surface area contributed by atoms with Crippen molar-refractivity contribution in [3.8, 4) is 11.1 Å². The molecule has 6 rings (SSSR count). The van der Waals surface area contributed by atoms with Gasteiger partial charge in [-0.15, -0.1) is 0 Å². The molecule has 1 N–H and O–H groups in total. The van der Waals surface area contributed by atoms with Gasteiger partial charge in [-0.3, -0.25) is 4.79 Å². The van der Waals surface area contributed by atoms with Gasteiger partial charge < -0.3 is 5.32 Å². The molecule has 0 spiro atoms. The molecule has 5 aromatic carbocycles. The molecular weight excluding hydrogens is 452 g/mol. The van der Waals surface area contributed by atoms with Gasteiger partial charge >= 0.3 is 0 Å². The maximum absolute atomic E-state index is 13.2. The summed E-state index contributed by atoms with van der Waals surface area (Å²) in [6.45, 7) is 0. The van der Waals surface area contributed by atoms with Gasteiger partial charge in [-0.05, 0) is 58.2 Å². The molecule has 0 fully saturated rings. The number of allylic oxidation sites excluding steroid dienone is 1. The Morgan fingerprint density at radius 3 is 1.73 bits per heavy atom. The number of hydrogen-bond donors (Lipinski definition) is 1. The summed E-state index contributed by atoms with van der Waals surface area (Å²) < 4.78 is 0. The summed E-state index contributed by atoms with van der Waals surface area (Å²) in [7, 11) is 0. The first-order valence-electron chi connectivity index (χ1n) is 12.3. The first-order chi connectivity index (χ1) is 18.3. The third-order valence-corrected chi connectivity index (χ3v) is 6.50. The van der Waals surface area contributed by atoms with Crippen LogP contribution in [0, 0.1) is 0 Å². The first-order valence-corrected chi connectivity index (χ1v) is 12.3. The van der Waals surface area contributed by atoms with Crippen molar-refractivity contribution in [1.82, 2.24) is 0 Å². The zero-order chi connectivity index (χ0) is 25.0. The average Bonchev–Trinajstić information content (AvgIpc) is 3.27. The van der Waals surface area contributed by atoms with E-state index in [1.807, 2.05) is 72.8 Å². The van der Waals surface area contributed by atoms with Crippen LogP contribution in [-0.4, -0.2) is 11.6 Å². The molecule has 1 aliphatic rings. The number of aliphatic imine (C=N–C) groups is 1. The lowest BCUT2D eigenvalue weighted by atomic mass is 9.99. The monoisotopic (exact) mass is 476 g/mol. The maximum Gasteiger partial charge on any atom is 0.257 e. The quantitative estimate of drug-likeness (QED) is 0.251. The Bertz CT molecular complexity index is 1600. The SMILES string of the molecule is O=C(Nc1ccccc1)c1ccccc1N=C(C=C1c2ccccc2-c2ccccc21)c1ccccc1. The molecule has 0 aliphatic heterocycles. The lowest BCUT2D eigenvalue weighted by molar-refractivity contribution is 0.102. The molecule has 1 amide bonds. The fraction of sp³-hybridized carbons (Fsp3) is 0. The van der Waals surface area contributed by atoms with Gasteiger partial charge in [0.2, 0.25) is 0 Å². The van der Waals surface area contributed by atoms with Gasteiger partial charge in [0.15, 0.2) is 0 Å². The van der Waals surface area contributed by atoms with Gasteiger partial charge in [0.25, 0.3) is 5.91 Å². The summed E-state index contributed by atoms with van der Waals surface area (Å²) in [5, 5.41) is 2.99. The molecule has 0 aromatic heterocycles. The molecular formula is C34H24N2O. The summed E-state index contributed by atoms with van der Waals surface area (Å²) in [4.78, 5) is 18.3. The number of amides is 1. The van der Waals surface area contributed by atoms with Crippen LogP contribution in [0.25, 0.3) is 16.7 Å². The van der Waals surface area contributed by atoms with Crippen molar-refractivity contribution in [3.63, 3.8) is 0 Å². The van der Waals surface area contributed by atoms with Crippen LogP contribution in [0.15, 0.2) is 145 Å². The van der Waals surface area contributed by atoms with Crippen molar-refractivity contribution in [2.75, 3.05) is 5.32 Å². The molecule has 176 valence electrons. The van der Waals surface area contributed by atoms with Crippen molar-refractivity contribution in [2.24, 2.45) is 4.99 Å². The molecule has 3 heteroatoms. The van der Waals surface area contributed by atoms with E-state index >= 15 is 0 Å². The standard InChI is InChI=1S/C34H24N2O/c37-34(35-25-15-5-2-6-16-25)30-21-11-12-22-32(30)36-33(24-13-3-1-4-14-24)23-31-28-19-9-7-17-26(28)27-18-8-10-20-29(27)31/h1-23H,(H,35,37). The number of benzene rings is 5. The number of nitrogens with one attached hydrogen (secondary N) is 1. The fourth-order valence-corrected chi connectivity index (χ4v) is 4.74. The van der Waals surface area contributed by atoms with Gasteiger partial charge in [0.05, 0.1) is 17.0 Å². The molecule has 0 atom stereocenters. The third-order valence-electron chi connectivity index (χ3n) is 6.50. The van der Waals surface area contributed by atoms with Gasteiger partial charge in [-0.1, -0.05) is 109 Å². The zero-order valence-corrected chi connectivity index (χ0v) is 20.1. The summed E-state index contributed by atoms with van der Waals surface area (Å²) in [5.41, 5.74) is 9.59. The highest BCUT2D eigenvalue weighted by molar-refractivity contribution is 6.18. The molecule has 0 saturated carbocycles. The van der Waals surface area contributed by atoms with E-state index in [1.165, 1.54) is 22.3 Å². The smallest absolute Gasteiger partial charge is 0.257 e. The predicted octanol–water partition coefficient (Wildman–Crippen LogP) is 8.17. The first kappa shape index (κ1) is 22.4. The van der Waals surface area contributed by atoms with E-state index in [9.17, 15) is 4.79 Å². The van der Waals surface area contributed by atoms with Crippen LogP contribution in [0.2, 0.25) is 0 Å². The summed E-state index contributed by atoms with van der Waals surface area (Å²) in [6, 6.07) is 44.0. The number of rotatable bonds is 5. The second-order valence-corrected chi connectivity index (χ2v) is 8.85. The molecule has 5 aromatic rings. The van der Waals surface area contributed by atoms with Crippen molar-refractivity contribution < 1.29 is 4.79 Å². The number of fused-ring (bicyclic) bond motifs is 3. The third kappa shape index (κ3) is 4.51. The lowest BCUT2D eigenvalue weighted by Gasteiger charge is -2.10. The van der Waals surface area contributed by atoms with Crippen LogP contribution in [0.5, 0.6) is 0 Å². The Morgan fingerprint density at radius 2 is 1.08 bits per heavy atom.